The Balaban J connectivity index is 2.93. The van der Waals surface area contributed by atoms with Gasteiger partial charge in [0.25, 0.3) is 0 Å². The number of anilines is 1. The molecule has 13 heavy (non-hydrogen) atoms. The van der Waals surface area contributed by atoms with Crippen molar-refractivity contribution < 1.29 is 4.79 Å². The Labute approximate surface area is 79.0 Å². The van der Waals surface area contributed by atoms with Crippen molar-refractivity contribution in [2.75, 3.05) is 12.4 Å². The summed E-state index contributed by atoms with van der Waals surface area (Å²) in [5.74, 6) is 0. The maximum atomic E-state index is 10.3. The molecule has 0 fully saturated rings. The first-order chi connectivity index (χ1) is 6.29. The van der Waals surface area contributed by atoms with E-state index in [1.54, 1.807) is 0 Å². The Morgan fingerprint density at radius 3 is 2.85 bits per heavy atom. The Kier molecular flexibility index (Phi) is 3.50. The fourth-order valence-corrected chi connectivity index (χ4v) is 1.47. The molecule has 0 spiro atoms. The predicted octanol–water partition coefficient (Wildman–Crippen LogP) is 2.17. The predicted molar refractivity (Wildman–Crippen MR) is 55.1 cm³/mol. The number of nitrogens with one attached hydrogen (secondary N) is 1. The Hall–Kier alpha value is -1.31. The molecule has 0 saturated heterocycles. The zero-order valence-corrected chi connectivity index (χ0v) is 8.13. The summed E-state index contributed by atoms with van der Waals surface area (Å²) in [7, 11) is 1.90. The highest BCUT2D eigenvalue weighted by Crippen LogP contribution is 2.20. The number of hydrogen-bond acceptors (Lipinski definition) is 2. The fraction of sp³-hybridized carbons (Fsp3) is 0.364. The number of rotatable bonds is 4. The van der Waals surface area contributed by atoms with Gasteiger partial charge in [-0.15, -0.1) is 0 Å². The summed E-state index contributed by atoms with van der Waals surface area (Å²) < 4.78 is 0. The molecule has 0 aliphatic carbocycles. The molecule has 1 rings (SSSR count). The van der Waals surface area contributed by atoms with E-state index in [9.17, 15) is 4.79 Å². The fourth-order valence-electron chi connectivity index (χ4n) is 1.47. The van der Waals surface area contributed by atoms with Crippen molar-refractivity contribution in [3.63, 3.8) is 0 Å². The number of aldehydes is 1. The molecule has 0 aromatic heterocycles. The van der Waals surface area contributed by atoms with Crippen molar-refractivity contribution in [3.8, 4) is 0 Å². The van der Waals surface area contributed by atoms with Gasteiger partial charge < -0.3 is 10.1 Å². The van der Waals surface area contributed by atoms with Crippen molar-refractivity contribution in [2.45, 2.75) is 19.8 Å². The van der Waals surface area contributed by atoms with E-state index in [4.69, 9.17) is 0 Å². The maximum absolute atomic E-state index is 10.3. The summed E-state index contributed by atoms with van der Waals surface area (Å²) in [6.45, 7) is 2.07. The van der Waals surface area contributed by atoms with Gasteiger partial charge in [-0.1, -0.05) is 12.1 Å². The van der Waals surface area contributed by atoms with Gasteiger partial charge in [-0.2, -0.15) is 0 Å². The van der Waals surface area contributed by atoms with E-state index in [-0.39, 0.29) is 0 Å². The Morgan fingerprint density at radius 1 is 1.46 bits per heavy atom. The van der Waals surface area contributed by atoms with Gasteiger partial charge in [0.1, 0.15) is 6.29 Å². The molecular formula is C11H15NO. The van der Waals surface area contributed by atoms with E-state index < -0.39 is 0 Å². The molecule has 0 amide bonds. The summed E-state index contributed by atoms with van der Waals surface area (Å²) in [5, 5.41) is 3.13. The molecule has 2 nitrogen and oxygen atoms in total. The Morgan fingerprint density at radius 2 is 2.23 bits per heavy atom. The number of hydrogen-bond donors (Lipinski definition) is 1. The third-order valence-corrected chi connectivity index (χ3v) is 2.19. The minimum Gasteiger partial charge on any atom is -0.388 e. The van der Waals surface area contributed by atoms with Crippen LogP contribution in [-0.2, 0) is 11.2 Å². The second-order valence-electron chi connectivity index (χ2n) is 3.06. The van der Waals surface area contributed by atoms with Crippen LogP contribution in [0.5, 0.6) is 0 Å². The summed E-state index contributed by atoms with van der Waals surface area (Å²) in [6, 6.07) is 6.12. The van der Waals surface area contributed by atoms with E-state index >= 15 is 0 Å². The molecule has 0 saturated carbocycles. The lowest BCUT2D eigenvalue weighted by Crippen LogP contribution is -1.98. The van der Waals surface area contributed by atoms with Crippen molar-refractivity contribution in [1.82, 2.24) is 0 Å². The molecular weight excluding hydrogens is 162 g/mol. The molecule has 1 aromatic rings. The lowest BCUT2D eigenvalue weighted by Gasteiger charge is -2.10. The lowest BCUT2D eigenvalue weighted by atomic mass is 10.0. The smallest absolute Gasteiger partial charge is 0.120 e. The first-order valence-electron chi connectivity index (χ1n) is 4.49. The summed E-state index contributed by atoms with van der Waals surface area (Å²) >= 11 is 0. The molecule has 0 aliphatic rings. The van der Waals surface area contributed by atoms with Crippen LogP contribution in [0, 0.1) is 6.92 Å². The molecule has 2 heteroatoms. The van der Waals surface area contributed by atoms with E-state index in [1.165, 1.54) is 11.1 Å². The highest BCUT2D eigenvalue weighted by atomic mass is 16.1. The van der Waals surface area contributed by atoms with E-state index in [1.807, 2.05) is 19.2 Å². The SMILES string of the molecule is CNc1cccc(C)c1CCC=O. The van der Waals surface area contributed by atoms with E-state index in [0.29, 0.717) is 6.42 Å². The monoisotopic (exact) mass is 177 g/mol. The van der Waals surface area contributed by atoms with Crippen LogP contribution < -0.4 is 5.32 Å². The molecule has 0 atom stereocenters. The molecule has 1 aromatic carbocycles. The highest BCUT2D eigenvalue weighted by Gasteiger charge is 2.02. The second-order valence-corrected chi connectivity index (χ2v) is 3.06. The van der Waals surface area contributed by atoms with Gasteiger partial charge in [-0.3, -0.25) is 0 Å². The van der Waals surface area contributed by atoms with Crippen LogP contribution in [0.1, 0.15) is 17.5 Å². The lowest BCUT2D eigenvalue weighted by molar-refractivity contribution is -0.107. The first-order valence-corrected chi connectivity index (χ1v) is 4.49. The van der Waals surface area contributed by atoms with Crippen molar-refractivity contribution in [2.24, 2.45) is 0 Å². The topological polar surface area (TPSA) is 29.1 Å². The average Bonchev–Trinajstić information content (AvgIpc) is 2.15. The molecule has 1 N–H and O–H groups in total. The number of carbonyl (C=O) groups excluding carboxylic acids is 1. The average molecular weight is 177 g/mol. The largest absolute Gasteiger partial charge is 0.388 e. The van der Waals surface area contributed by atoms with Crippen molar-refractivity contribution in [1.29, 1.82) is 0 Å². The maximum Gasteiger partial charge on any atom is 0.120 e. The van der Waals surface area contributed by atoms with E-state index in [2.05, 4.69) is 18.3 Å². The van der Waals surface area contributed by atoms with Gasteiger partial charge in [0.2, 0.25) is 0 Å². The van der Waals surface area contributed by atoms with Crippen LogP contribution in [-0.4, -0.2) is 13.3 Å². The van der Waals surface area contributed by atoms with Gasteiger partial charge in [0, 0.05) is 19.2 Å². The first kappa shape index (κ1) is 9.78. The molecule has 0 heterocycles. The molecule has 0 bridgehead atoms. The van der Waals surface area contributed by atoms with Gasteiger partial charge in [-0.25, -0.2) is 0 Å². The van der Waals surface area contributed by atoms with Crippen LogP contribution in [0.2, 0.25) is 0 Å². The van der Waals surface area contributed by atoms with Crippen molar-refractivity contribution in [3.05, 3.63) is 29.3 Å². The van der Waals surface area contributed by atoms with Gasteiger partial charge in [0.05, 0.1) is 0 Å². The highest BCUT2D eigenvalue weighted by molar-refractivity contribution is 5.57. The summed E-state index contributed by atoms with van der Waals surface area (Å²) in [6.07, 6.45) is 2.39. The van der Waals surface area contributed by atoms with Gasteiger partial charge in [0.15, 0.2) is 0 Å². The summed E-state index contributed by atoms with van der Waals surface area (Å²) in [4.78, 5) is 10.3. The van der Waals surface area contributed by atoms with Crippen molar-refractivity contribution >= 4 is 12.0 Å². The molecule has 70 valence electrons. The molecule has 0 aliphatic heterocycles. The van der Waals surface area contributed by atoms with Crippen LogP contribution in [0.3, 0.4) is 0 Å². The van der Waals surface area contributed by atoms with Crippen LogP contribution >= 0.6 is 0 Å². The standard InChI is InChI=1S/C11H15NO/c1-9-5-3-7-11(12-2)10(9)6-4-8-13/h3,5,7-8,12H,4,6H2,1-2H3. The summed E-state index contributed by atoms with van der Waals surface area (Å²) in [5.41, 5.74) is 3.62. The van der Waals surface area contributed by atoms with Crippen LogP contribution in [0.4, 0.5) is 5.69 Å². The second kappa shape index (κ2) is 4.65. The van der Waals surface area contributed by atoms with Gasteiger partial charge >= 0.3 is 0 Å². The zero-order chi connectivity index (χ0) is 9.68. The minimum absolute atomic E-state index is 0.597. The number of carbonyl (C=O) groups is 1. The van der Waals surface area contributed by atoms with Crippen LogP contribution in [0.15, 0.2) is 18.2 Å². The normalized spacial score (nSPS) is 9.69. The minimum atomic E-state index is 0.597. The van der Waals surface area contributed by atoms with Crippen LogP contribution in [0.25, 0.3) is 0 Å². The molecule has 0 unspecified atom stereocenters. The third kappa shape index (κ3) is 2.31. The number of benzene rings is 1. The van der Waals surface area contributed by atoms with Gasteiger partial charge in [-0.05, 0) is 30.5 Å². The van der Waals surface area contributed by atoms with E-state index in [0.717, 1.165) is 18.4 Å². The Bertz CT molecular complexity index is 294. The third-order valence-electron chi connectivity index (χ3n) is 2.19. The quantitative estimate of drug-likeness (QED) is 0.714. The number of aryl methyl sites for hydroxylation is 1. The zero-order valence-electron chi connectivity index (χ0n) is 8.13. The molecule has 0 radical (unpaired) electrons.